The van der Waals surface area contributed by atoms with Gasteiger partial charge in [0, 0.05) is 29.8 Å². The Kier molecular flexibility index (Phi) is 4.14. The highest BCUT2D eigenvalue weighted by Gasteiger charge is 2.22. The molecule has 18 heavy (non-hydrogen) atoms. The highest BCUT2D eigenvalue weighted by Crippen LogP contribution is 2.26. The van der Waals surface area contributed by atoms with Crippen molar-refractivity contribution in [1.29, 1.82) is 0 Å². The van der Waals surface area contributed by atoms with Gasteiger partial charge in [-0.15, -0.1) is 0 Å². The molecule has 2 N–H and O–H groups in total. The van der Waals surface area contributed by atoms with Crippen LogP contribution in [0.15, 0.2) is 18.2 Å². The van der Waals surface area contributed by atoms with Gasteiger partial charge in [-0.3, -0.25) is 0 Å². The van der Waals surface area contributed by atoms with Crippen molar-refractivity contribution in [3.63, 3.8) is 0 Å². The molecule has 0 radical (unpaired) electrons. The first kappa shape index (κ1) is 13.2. The number of hydrogen-bond donors (Lipinski definition) is 2. The van der Waals surface area contributed by atoms with Gasteiger partial charge < -0.3 is 19.7 Å². The van der Waals surface area contributed by atoms with Crippen LogP contribution >= 0.6 is 0 Å². The number of hydrogen-bond acceptors (Lipinski definition) is 4. The minimum Gasteiger partial charge on any atom is -0.497 e. The van der Waals surface area contributed by atoms with Gasteiger partial charge in [0.1, 0.15) is 5.75 Å². The minimum absolute atomic E-state index is 0.408. The molecule has 98 valence electrons. The fourth-order valence-corrected chi connectivity index (χ4v) is 2.57. The summed E-state index contributed by atoms with van der Waals surface area (Å²) in [5, 5.41) is 18.5. The number of nitrogens with zero attached hydrogens (tertiary/aromatic N) is 1. The van der Waals surface area contributed by atoms with E-state index in [1.54, 1.807) is 13.2 Å². The summed E-state index contributed by atoms with van der Waals surface area (Å²) in [7, 11) is 0.0535. The van der Waals surface area contributed by atoms with Crippen LogP contribution in [0.1, 0.15) is 26.2 Å². The smallest absolute Gasteiger partial charge is 0.492 e. The summed E-state index contributed by atoms with van der Waals surface area (Å²) in [6.07, 6.45) is 3.69. The van der Waals surface area contributed by atoms with Crippen LogP contribution in [-0.2, 0) is 0 Å². The standard InChI is InChI=1S/C13H20BNO3/c1-10-5-3-4-8-15(10)11-6-7-12(14(16)17)13(9-11)18-2/h6-7,9-10,16-17H,3-5,8H2,1-2H3. The van der Waals surface area contributed by atoms with Crippen LogP contribution in [0.25, 0.3) is 0 Å². The van der Waals surface area contributed by atoms with E-state index in [1.807, 2.05) is 12.1 Å². The van der Waals surface area contributed by atoms with Crippen LogP contribution in [0.5, 0.6) is 5.75 Å². The van der Waals surface area contributed by atoms with Gasteiger partial charge >= 0.3 is 7.12 Å². The molecule has 1 saturated heterocycles. The lowest BCUT2D eigenvalue weighted by atomic mass is 9.79. The highest BCUT2D eigenvalue weighted by molar-refractivity contribution is 6.59. The maximum atomic E-state index is 9.25. The summed E-state index contributed by atoms with van der Waals surface area (Å²) in [6, 6.07) is 6.06. The topological polar surface area (TPSA) is 52.9 Å². The fourth-order valence-electron chi connectivity index (χ4n) is 2.57. The number of benzene rings is 1. The number of anilines is 1. The lowest BCUT2D eigenvalue weighted by Gasteiger charge is -2.35. The molecular formula is C13H20BNO3. The van der Waals surface area contributed by atoms with E-state index in [4.69, 9.17) is 4.74 Å². The van der Waals surface area contributed by atoms with Crippen molar-refractivity contribution >= 4 is 18.3 Å². The lowest BCUT2D eigenvalue weighted by Crippen LogP contribution is -2.38. The number of piperidine rings is 1. The van der Waals surface area contributed by atoms with E-state index in [2.05, 4.69) is 11.8 Å². The number of methoxy groups -OCH3 is 1. The fraction of sp³-hybridized carbons (Fsp3) is 0.538. The van der Waals surface area contributed by atoms with Crippen molar-refractivity contribution < 1.29 is 14.8 Å². The normalized spacial score (nSPS) is 19.8. The third-order valence-electron chi connectivity index (χ3n) is 3.63. The summed E-state index contributed by atoms with van der Waals surface area (Å²) in [5.74, 6) is 0.528. The van der Waals surface area contributed by atoms with Crippen molar-refractivity contribution in [3.8, 4) is 5.75 Å². The molecule has 2 rings (SSSR count). The Hall–Kier alpha value is -1.20. The molecule has 1 heterocycles. The molecule has 0 spiro atoms. The van der Waals surface area contributed by atoms with Gasteiger partial charge in [-0.25, -0.2) is 0 Å². The molecule has 1 atom stereocenters. The van der Waals surface area contributed by atoms with Gasteiger partial charge in [-0.2, -0.15) is 0 Å². The van der Waals surface area contributed by atoms with E-state index in [0.29, 0.717) is 17.3 Å². The van der Waals surface area contributed by atoms with E-state index in [9.17, 15) is 10.0 Å². The predicted octanol–water partition coefficient (Wildman–Crippen LogP) is 0.754. The average Bonchev–Trinajstić information content (AvgIpc) is 2.38. The molecule has 1 fully saturated rings. The molecule has 0 amide bonds. The number of ether oxygens (including phenoxy) is 1. The molecule has 4 nitrogen and oxygen atoms in total. The zero-order valence-corrected chi connectivity index (χ0v) is 11.0. The first-order chi connectivity index (χ1) is 8.63. The van der Waals surface area contributed by atoms with Crippen molar-refractivity contribution in [2.24, 2.45) is 0 Å². The van der Waals surface area contributed by atoms with Crippen molar-refractivity contribution in [1.82, 2.24) is 0 Å². The molecule has 5 heteroatoms. The predicted molar refractivity (Wildman–Crippen MR) is 73.5 cm³/mol. The van der Waals surface area contributed by atoms with Gasteiger partial charge in [-0.1, -0.05) is 6.07 Å². The molecule has 0 aliphatic carbocycles. The molecule has 1 unspecified atom stereocenters. The molecular weight excluding hydrogens is 229 g/mol. The summed E-state index contributed by atoms with van der Waals surface area (Å²) in [6.45, 7) is 3.27. The Bertz CT molecular complexity index is 411. The lowest BCUT2D eigenvalue weighted by molar-refractivity contribution is 0.403. The molecule has 0 saturated carbocycles. The highest BCUT2D eigenvalue weighted by atomic mass is 16.5. The van der Waals surface area contributed by atoms with Gasteiger partial charge in [0.25, 0.3) is 0 Å². The Morgan fingerprint density at radius 2 is 2.11 bits per heavy atom. The third-order valence-corrected chi connectivity index (χ3v) is 3.63. The first-order valence-corrected chi connectivity index (χ1v) is 6.44. The Balaban J connectivity index is 2.28. The van der Waals surface area contributed by atoms with Crippen LogP contribution in [0, 0.1) is 0 Å². The summed E-state index contributed by atoms with van der Waals surface area (Å²) in [4.78, 5) is 2.35. The van der Waals surface area contributed by atoms with Crippen molar-refractivity contribution in [3.05, 3.63) is 18.2 Å². The van der Waals surface area contributed by atoms with E-state index in [0.717, 1.165) is 12.2 Å². The monoisotopic (exact) mass is 249 g/mol. The molecule has 1 aromatic carbocycles. The van der Waals surface area contributed by atoms with E-state index < -0.39 is 7.12 Å². The molecule has 0 bridgehead atoms. The second kappa shape index (κ2) is 5.63. The Morgan fingerprint density at radius 1 is 1.33 bits per heavy atom. The Labute approximate surface area is 108 Å². The molecule has 1 aromatic rings. The van der Waals surface area contributed by atoms with Gasteiger partial charge in [0.2, 0.25) is 0 Å². The van der Waals surface area contributed by atoms with Crippen molar-refractivity contribution in [2.45, 2.75) is 32.2 Å². The van der Waals surface area contributed by atoms with Crippen molar-refractivity contribution in [2.75, 3.05) is 18.6 Å². The average molecular weight is 249 g/mol. The van der Waals surface area contributed by atoms with Gasteiger partial charge in [0.15, 0.2) is 0 Å². The van der Waals surface area contributed by atoms with E-state index in [1.165, 1.54) is 19.3 Å². The largest absolute Gasteiger partial charge is 0.497 e. The SMILES string of the molecule is COc1cc(N2CCCCC2C)ccc1B(O)O. The first-order valence-electron chi connectivity index (χ1n) is 6.44. The Morgan fingerprint density at radius 3 is 2.72 bits per heavy atom. The molecule has 1 aliphatic heterocycles. The van der Waals surface area contributed by atoms with Crippen LogP contribution < -0.4 is 15.1 Å². The second-order valence-electron chi connectivity index (χ2n) is 4.84. The van der Waals surface area contributed by atoms with Gasteiger partial charge in [-0.05, 0) is 32.3 Å². The maximum absolute atomic E-state index is 9.25. The van der Waals surface area contributed by atoms with E-state index in [-0.39, 0.29) is 0 Å². The zero-order chi connectivity index (χ0) is 13.1. The van der Waals surface area contributed by atoms with Crippen LogP contribution in [0.4, 0.5) is 5.69 Å². The second-order valence-corrected chi connectivity index (χ2v) is 4.84. The van der Waals surface area contributed by atoms with Crippen LogP contribution in [-0.4, -0.2) is 36.9 Å². The zero-order valence-electron chi connectivity index (χ0n) is 11.0. The van der Waals surface area contributed by atoms with Crippen LogP contribution in [0.3, 0.4) is 0 Å². The maximum Gasteiger partial charge on any atom is 0.492 e. The van der Waals surface area contributed by atoms with E-state index >= 15 is 0 Å². The minimum atomic E-state index is -1.49. The van der Waals surface area contributed by atoms with Crippen LogP contribution in [0.2, 0.25) is 0 Å². The summed E-state index contributed by atoms with van der Waals surface area (Å²) in [5.41, 5.74) is 1.49. The van der Waals surface area contributed by atoms with Gasteiger partial charge in [0.05, 0.1) is 7.11 Å². The number of rotatable bonds is 3. The molecule has 0 aromatic heterocycles. The quantitative estimate of drug-likeness (QED) is 0.776. The summed E-state index contributed by atoms with van der Waals surface area (Å²) < 4.78 is 5.23. The molecule has 1 aliphatic rings. The summed E-state index contributed by atoms with van der Waals surface area (Å²) >= 11 is 0. The third kappa shape index (κ3) is 2.62.